The standard InChI is InChI=1S/C28H26FNO5/c1-4-35-23-13-8-18(15-22(23)16(2)3)26(32)24-25(17-6-5-7-21(31)14-17)30(28(34)27(24)33)20-11-9-19(29)10-12-20/h5-16,25,31-32H,4H2,1-3H3/b26-24-. The van der Waals surface area contributed by atoms with Crippen molar-refractivity contribution in [1.82, 2.24) is 0 Å². The molecule has 1 aliphatic heterocycles. The zero-order valence-electron chi connectivity index (χ0n) is 19.7. The highest BCUT2D eigenvalue weighted by Crippen LogP contribution is 2.43. The molecule has 0 saturated carbocycles. The molecule has 0 spiro atoms. The van der Waals surface area contributed by atoms with Crippen LogP contribution in [0.4, 0.5) is 10.1 Å². The largest absolute Gasteiger partial charge is 0.508 e. The SMILES string of the molecule is CCOc1ccc(/C(O)=C2/C(=O)C(=O)N(c3ccc(F)cc3)C2c2cccc(O)c2)cc1C(C)C. The van der Waals surface area contributed by atoms with Crippen molar-refractivity contribution in [3.63, 3.8) is 0 Å². The van der Waals surface area contributed by atoms with Gasteiger partial charge >= 0.3 is 0 Å². The average molecular weight is 476 g/mol. The summed E-state index contributed by atoms with van der Waals surface area (Å²) in [4.78, 5) is 27.6. The molecule has 4 rings (SSSR count). The van der Waals surface area contributed by atoms with Gasteiger partial charge in [-0.3, -0.25) is 14.5 Å². The van der Waals surface area contributed by atoms with Crippen LogP contribution in [0.3, 0.4) is 0 Å². The van der Waals surface area contributed by atoms with Crippen LogP contribution in [0.5, 0.6) is 11.5 Å². The van der Waals surface area contributed by atoms with Crippen LogP contribution in [0.2, 0.25) is 0 Å². The molecule has 0 aliphatic carbocycles. The highest BCUT2D eigenvalue weighted by atomic mass is 19.1. The molecule has 180 valence electrons. The molecule has 1 amide bonds. The van der Waals surface area contributed by atoms with E-state index >= 15 is 0 Å². The van der Waals surface area contributed by atoms with Gasteiger partial charge in [0.25, 0.3) is 11.7 Å². The summed E-state index contributed by atoms with van der Waals surface area (Å²) in [7, 11) is 0. The van der Waals surface area contributed by atoms with E-state index in [0.717, 1.165) is 5.56 Å². The number of aromatic hydroxyl groups is 1. The second-order valence-electron chi connectivity index (χ2n) is 8.58. The number of Topliss-reactive ketones (excluding diaryl/α,β-unsaturated/α-hetero) is 1. The Balaban J connectivity index is 1.93. The Morgan fingerprint density at radius 3 is 2.40 bits per heavy atom. The molecule has 1 fully saturated rings. The van der Waals surface area contributed by atoms with Crippen LogP contribution in [-0.4, -0.2) is 28.5 Å². The van der Waals surface area contributed by atoms with Gasteiger partial charge in [-0.2, -0.15) is 0 Å². The van der Waals surface area contributed by atoms with Crippen molar-refractivity contribution >= 4 is 23.1 Å². The molecule has 1 heterocycles. The summed E-state index contributed by atoms with van der Waals surface area (Å²) in [6.07, 6.45) is 0. The minimum atomic E-state index is -1.03. The van der Waals surface area contributed by atoms with Crippen molar-refractivity contribution in [1.29, 1.82) is 0 Å². The van der Waals surface area contributed by atoms with E-state index in [-0.39, 0.29) is 28.7 Å². The lowest BCUT2D eigenvalue weighted by molar-refractivity contribution is -0.132. The van der Waals surface area contributed by atoms with Gasteiger partial charge in [0.15, 0.2) is 0 Å². The smallest absolute Gasteiger partial charge is 0.300 e. The molecule has 1 unspecified atom stereocenters. The molecule has 3 aromatic rings. The maximum absolute atomic E-state index is 13.6. The Kier molecular flexibility index (Phi) is 6.60. The van der Waals surface area contributed by atoms with E-state index in [2.05, 4.69) is 0 Å². The number of rotatable bonds is 6. The number of phenols is 1. The topological polar surface area (TPSA) is 87.1 Å². The number of amides is 1. The number of ether oxygens (including phenoxy) is 1. The van der Waals surface area contributed by atoms with Crippen LogP contribution in [0.15, 0.2) is 72.3 Å². The summed E-state index contributed by atoms with van der Waals surface area (Å²) >= 11 is 0. The quantitative estimate of drug-likeness (QED) is 0.272. The van der Waals surface area contributed by atoms with E-state index in [1.807, 2.05) is 20.8 Å². The highest BCUT2D eigenvalue weighted by Gasteiger charge is 2.47. The molecule has 2 N–H and O–H groups in total. The van der Waals surface area contributed by atoms with Crippen molar-refractivity contribution in [2.75, 3.05) is 11.5 Å². The third kappa shape index (κ3) is 4.49. The van der Waals surface area contributed by atoms with Gasteiger partial charge in [0.05, 0.1) is 18.2 Å². The molecular weight excluding hydrogens is 449 g/mol. The number of phenolic OH excluding ortho intramolecular Hbond substituents is 1. The van der Waals surface area contributed by atoms with Crippen molar-refractivity contribution in [3.8, 4) is 11.5 Å². The molecule has 1 aliphatic rings. The Hall–Kier alpha value is -4.13. The molecule has 1 atom stereocenters. The van der Waals surface area contributed by atoms with Crippen LogP contribution in [0.25, 0.3) is 5.76 Å². The molecule has 7 heteroatoms. The van der Waals surface area contributed by atoms with E-state index in [9.17, 15) is 24.2 Å². The zero-order chi connectivity index (χ0) is 25.3. The average Bonchev–Trinajstić information content (AvgIpc) is 3.10. The van der Waals surface area contributed by atoms with Gasteiger partial charge in [-0.1, -0.05) is 26.0 Å². The number of halogens is 1. The third-order valence-corrected chi connectivity index (χ3v) is 5.94. The van der Waals surface area contributed by atoms with Crippen LogP contribution >= 0.6 is 0 Å². The fourth-order valence-electron chi connectivity index (χ4n) is 4.30. The number of hydrogen-bond donors (Lipinski definition) is 2. The first-order valence-corrected chi connectivity index (χ1v) is 11.4. The maximum Gasteiger partial charge on any atom is 0.300 e. The van der Waals surface area contributed by atoms with Crippen molar-refractivity contribution in [2.45, 2.75) is 32.7 Å². The molecule has 1 saturated heterocycles. The van der Waals surface area contributed by atoms with Crippen molar-refractivity contribution < 1.29 is 28.9 Å². The number of ketones is 1. The Labute approximate surface area is 202 Å². The monoisotopic (exact) mass is 475 g/mol. The van der Waals surface area contributed by atoms with Gasteiger partial charge in [0.2, 0.25) is 0 Å². The fraction of sp³-hybridized carbons (Fsp3) is 0.214. The maximum atomic E-state index is 13.6. The molecule has 3 aromatic carbocycles. The lowest BCUT2D eigenvalue weighted by Crippen LogP contribution is -2.29. The van der Waals surface area contributed by atoms with Crippen LogP contribution in [0, 0.1) is 5.82 Å². The predicted molar refractivity (Wildman–Crippen MR) is 131 cm³/mol. The number of carbonyl (C=O) groups excluding carboxylic acids is 2. The van der Waals surface area contributed by atoms with Crippen LogP contribution in [0.1, 0.15) is 49.4 Å². The van der Waals surface area contributed by atoms with E-state index in [4.69, 9.17) is 4.74 Å². The first-order chi connectivity index (χ1) is 16.7. The van der Waals surface area contributed by atoms with E-state index < -0.39 is 23.5 Å². The van der Waals surface area contributed by atoms with Gasteiger partial charge < -0.3 is 14.9 Å². The minimum absolute atomic E-state index is 0.0599. The first kappa shape index (κ1) is 24.0. The Morgan fingerprint density at radius 1 is 1.06 bits per heavy atom. The van der Waals surface area contributed by atoms with Gasteiger partial charge in [0, 0.05) is 11.3 Å². The second-order valence-corrected chi connectivity index (χ2v) is 8.58. The summed E-state index contributed by atoms with van der Waals surface area (Å²) in [5, 5.41) is 21.5. The molecule has 0 aromatic heterocycles. The Bertz CT molecular complexity index is 1310. The van der Waals surface area contributed by atoms with E-state index in [1.165, 1.54) is 41.3 Å². The summed E-state index contributed by atoms with van der Waals surface area (Å²) in [5.41, 5.74) is 1.79. The summed E-state index contributed by atoms with van der Waals surface area (Å²) in [6, 6.07) is 15.4. The molecular formula is C28H26FNO5. The number of nitrogens with zero attached hydrogens (tertiary/aromatic N) is 1. The number of carbonyl (C=O) groups is 2. The fourth-order valence-corrected chi connectivity index (χ4v) is 4.30. The summed E-state index contributed by atoms with van der Waals surface area (Å²) < 4.78 is 19.3. The van der Waals surface area contributed by atoms with E-state index in [0.29, 0.717) is 23.5 Å². The molecule has 0 radical (unpaired) electrons. The summed E-state index contributed by atoms with van der Waals surface area (Å²) in [6.45, 7) is 6.33. The van der Waals surface area contributed by atoms with E-state index in [1.54, 1.807) is 30.3 Å². The predicted octanol–water partition coefficient (Wildman–Crippen LogP) is 5.68. The lowest BCUT2D eigenvalue weighted by atomic mass is 9.93. The summed E-state index contributed by atoms with van der Waals surface area (Å²) in [5.74, 6) is -1.87. The van der Waals surface area contributed by atoms with Gasteiger partial charge in [0.1, 0.15) is 23.1 Å². The molecule has 35 heavy (non-hydrogen) atoms. The highest BCUT2D eigenvalue weighted by molar-refractivity contribution is 6.51. The molecule has 0 bridgehead atoms. The first-order valence-electron chi connectivity index (χ1n) is 11.4. The zero-order valence-corrected chi connectivity index (χ0v) is 19.7. The Morgan fingerprint density at radius 2 is 1.77 bits per heavy atom. The van der Waals surface area contributed by atoms with Gasteiger partial charge in [-0.15, -0.1) is 0 Å². The number of anilines is 1. The van der Waals surface area contributed by atoms with Crippen molar-refractivity contribution in [2.24, 2.45) is 0 Å². The number of aliphatic hydroxyl groups is 1. The number of benzene rings is 3. The van der Waals surface area contributed by atoms with Crippen LogP contribution in [-0.2, 0) is 9.59 Å². The van der Waals surface area contributed by atoms with Crippen molar-refractivity contribution in [3.05, 3.63) is 94.8 Å². The minimum Gasteiger partial charge on any atom is -0.508 e. The van der Waals surface area contributed by atoms with Gasteiger partial charge in [-0.25, -0.2) is 4.39 Å². The third-order valence-electron chi connectivity index (χ3n) is 5.94. The molecule has 6 nitrogen and oxygen atoms in total. The van der Waals surface area contributed by atoms with Crippen LogP contribution < -0.4 is 9.64 Å². The lowest BCUT2D eigenvalue weighted by Gasteiger charge is -2.25. The van der Waals surface area contributed by atoms with Gasteiger partial charge in [-0.05, 0) is 78.6 Å². The number of aliphatic hydroxyl groups excluding tert-OH is 1. The second kappa shape index (κ2) is 9.62. The number of hydrogen-bond acceptors (Lipinski definition) is 5. The normalized spacial score (nSPS) is 17.3.